The normalized spacial score (nSPS) is 27.7. The first kappa shape index (κ1) is 17.1. The van der Waals surface area contributed by atoms with Crippen LogP contribution in [0.3, 0.4) is 0 Å². The molecule has 0 atom stereocenters. The number of carbonyl (C=O) groups is 1. The fraction of sp³-hybridized carbons (Fsp3) is 0.471. The van der Waals surface area contributed by atoms with Gasteiger partial charge < -0.3 is 10.4 Å². The number of amides is 1. The van der Waals surface area contributed by atoms with E-state index in [4.69, 9.17) is 11.6 Å². The second-order valence-corrected chi connectivity index (χ2v) is 6.97. The Labute approximate surface area is 142 Å². The molecule has 1 aliphatic heterocycles. The van der Waals surface area contributed by atoms with Crippen LogP contribution in [0.1, 0.15) is 36.8 Å². The van der Waals surface area contributed by atoms with E-state index in [1.54, 1.807) is 18.2 Å². The number of rotatable bonds is 1. The van der Waals surface area contributed by atoms with Crippen LogP contribution in [0.4, 0.5) is 13.2 Å². The summed E-state index contributed by atoms with van der Waals surface area (Å²) in [7, 11) is 0. The number of aliphatic hydroxyl groups excluding tert-OH is 1. The molecule has 2 N–H and O–H groups in total. The van der Waals surface area contributed by atoms with E-state index in [0.29, 0.717) is 10.6 Å². The van der Waals surface area contributed by atoms with Gasteiger partial charge in [-0.25, -0.2) is 0 Å². The van der Waals surface area contributed by atoms with E-state index in [0.717, 1.165) is 5.56 Å². The predicted octanol–water partition coefficient (Wildman–Crippen LogP) is 4.54. The molecule has 0 unspecified atom stereocenters. The Balaban J connectivity index is 1.94. The van der Waals surface area contributed by atoms with Gasteiger partial charge in [-0.15, -0.1) is 0 Å². The van der Waals surface area contributed by atoms with E-state index in [9.17, 15) is 23.1 Å². The molecule has 1 amide bonds. The minimum absolute atomic E-state index is 0.0573. The molecule has 1 aliphatic carbocycles. The molecule has 7 heteroatoms. The maximum absolute atomic E-state index is 12.8. The van der Waals surface area contributed by atoms with Crippen molar-refractivity contribution in [1.82, 2.24) is 5.32 Å². The molecule has 0 saturated heterocycles. The largest absolute Gasteiger partial charge is 0.509 e. The Kier molecular flexibility index (Phi) is 4.06. The summed E-state index contributed by atoms with van der Waals surface area (Å²) in [5, 5.41) is 13.6. The SMILES string of the molecule is Cc1ccc(C2=C(O)C3(CCC(C(F)(F)F)CC3)NC2=O)c(Cl)c1. The number of nitrogens with one attached hydrogen (secondary N) is 1. The first-order valence-corrected chi connectivity index (χ1v) is 8.11. The topological polar surface area (TPSA) is 49.3 Å². The zero-order chi connectivity index (χ0) is 17.7. The zero-order valence-corrected chi connectivity index (χ0v) is 13.8. The molecule has 24 heavy (non-hydrogen) atoms. The molecule has 130 valence electrons. The third kappa shape index (κ3) is 2.77. The van der Waals surface area contributed by atoms with Crippen LogP contribution in [-0.2, 0) is 4.79 Å². The number of alkyl halides is 3. The molecule has 0 radical (unpaired) electrons. The van der Waals surface area contributed by atoms with Crippen molar-refractivity contribution >= 4 is 23.1 Å². The maximum atomic E-state index is 12.8. The highest BCUT2D eigenvalue weighted by molar-refractivity contribution is 6.35. The van der Waals surface area contributed by atoms with E-state index in [1.807, 2.05) is 6.92 Å². The lowest BCUT2D eigenvalue weighted by atomic mass is 9.75. The van der Waals surface area contributed by atoms with Crippen LogP contribution in [0.2, 0.25) is 5.02 Å². The molecule has 0 bridgehead atoms. The van der Waals surface area contributed by atoms with Crippen LogP contribution in [0, 0.1) is 12.8 Å². The molecular formula is C17H17ClF3NO2. The van der Waals surface area contributed by atoms with Gasteiger partial charge >= 0.3 is 6.18 Å². The average molecular weight is 360 g/mol. The van der Waals surface area contributed by atoms with E-state index in [-0.39, 0.29) is 37.0 Å². The van der Waals surface area contributed by atoms with E-state index in [1.165, 1.54) is 0 Å². The van der Waals surface area contributed by atoms with Crippen molar-refractivity contribution in [2.24, 2.45) is 5.92 Å². The minimum Gasteiger partial charge on any atom is -0.509 e. The van der Waals surface area contributed by atoms with Crippen LogP contribution in [0.15, 0.2) is 24.0 Å². The number of benzene rings is 1. The lowest BCUT2D eigenvalue weighted by Gasteiger charge is -2.37. The molecule has 1 saturated carbocycles. The summed E-state index contributed by atoms with van der Waals surface area (Å²) in [5.41, 5.74) is 0.253. The summed E-state index contributed by atoms with van der Waals surface area (Å²) < 4.78 is 38.5. The fourth-order valence-electron chi connectivity index (χ4n) is 3.56. The second-order valence-electron chi connectivity index (χ2n) is 6.56. The van der Waals surface area contributed by atoms with Gasteiger partial charge in [0.15, 0.2) is 0 Å². The molecule has 1 spiro atoms. The first-order chi connectivity index (χ1) is 11.1. The fourth-order valence-corrected chi connectivity index (χ4v) is 3.89. The number of hydrogen-bond acceptors (Lipinski definition) is 2. The van der Waals surface area contributed by atoms with Crippen molar-refractivity contribution in [3.63, 3.8) is 0 Å². The van der Waals surface area contributed by atoms with Crippen LogP contribution in [0.25, 0.3) is 5.57 Å². The van der Waals surface area contributed by atoms with Crippen molar-refractivity contribution in [2.75, 3.05) is 0 Å². The van der Waals surface area contributed by atoms with E-state index >= 15 is 0 Å². The Morgan fingerprint density at radius 2 is 1.92 bits per heavy atom. The molecule has 1 heterocycles. The first-order valence-electron chi connectivity index (χ1n) is 7.73. The molecular weight excluding hydrogens is 343 g/mol. The lowest BCUT2D eigenvalue weighted by Crippen LogP contribution is -2.48. The quantitative estimate of drug-likeness (QED) is 0.773. The number of hydrogen-bond donors (Lipinski definition) is 2. The van der Waals surface area contributed by atoms with Gasteiger partial charge in [-0.3, -0.25) is 4.79 Å². The van der Waals surface area contributed by atoms with Crippen LogP contribution >= 0.6 is 11.6 Å². The van der Waals surface area contributed by atoms with Crippen molar-refractivity contribution < 1.29 is 23.1 Å². The average Bonchev–Trinajstić information content (AvgIpc) is 2.70. The molecule has 1 aromatic rings. The Morgan fingerprint density at radius 1 is 1.29 bits per heavy atom. The number of aliphatic hydroxyl groups is 1. The molecule has 3 rings (SSSR count). The predicted molar refractivity (Wildman–Crippen MR) is 84.6 cm³/mol. The van der Waals surface area contributed by atoms with Crippen LogP contribution in [0.5, 0.6) is 0 Å². The maximum Gasteiger partial charge on any atom is 0.391 e. The van der Waals surface area contributed by atoms with Crippen LogP contribution in [-0.4, -0.2) is 22.7 Å². The standard InChI is InChI=1S/C17H17ClF3NO2/c1-9-2-3-11(12(18)8-9)13-14(23)16(22-15(13)24)6-4-10(5-7-16)17(19,20)21/h2-3,8,10,23H,4-7H2,1H3,(H,22,24). The highest BCUT2D eigenvalue weighted by atomic mass is 35.5. The summed E-state index contributed by atoms with van der Waals surface area (Å²) in [4.78, 5) is 12.4. The highest BCUT2D eigenvalue weighted by Crippen LogP contribution is 2.47. The summed E-state index contributed by atoms with van der Waals surface area (Å²) in [6, 6.07) is 5.08. The summed E-state index contributed by atoms with van der Waals surface area (Å²) in [6.45, 7) is 1.85. The third-order valence-electron chi connectivity index (χ3n) is 4.97. The van der Waals surface area contributed by atoms with Crippen molar-refractivity contribution in [3.8, 4) is 0 Å². The Hall–Kier alpha value is -1.69. The molecule has 1 fully saturated rings. The number of halogens is 4. The minimum atomic E-state index is -4.24. The molecule has 1 aromatic carbocycles. The van der Waals surface area contributed by atoms with Crippen LogP contribution < -0.4 is 5.32 Å². The molecule has 0 aromatic heterocycles. The summed E-state index contributed by atoms with van der Waals surface area (Å²) >= 11 is 6.18. The smallest absolute Gasteiger partial charge is 0.391 e. The van der Waals surface area contributed by atoms with Gasteiger partial charge in [-0.1, -0.05) is 23.7 Å². The second kappa shape index (κ2) is 5.69. The molecule has 2 aliphatic rings. The van der Waals surface area contributed by atoms with Crippen molar-refractivity contribution in [1.29, 1.82) is 0 Å². The van der Waals surface area contributed by atoms with Gasteiger partial charge in [0.25, 0.3) is 5.91 Å². The molecule has 3 nitrogen and oxygen atoms in total. The summed E-state index contributed by atoms with van der Waals surface area (Å²) in [6.07, 6.45) is -4.37. The van der Waals surface area contributed by atoms with Gasteiger partial charge in [0, 0.05) is 10.6 Å². The van der Waals surface area contributed by atoms with Gasteiger partial charge in [0.1, 0.15) is 5.76 Å². The van der Waals surface area contributed by atoms with Crippen molar-refractivity contribution in [3.05, 3.63) is 40.1 Å². The monoisotopic (exact) mass is 359 g/mol. The zero-order valence-electron chi connectivity index (χ0n) is 13.0. The number of aryl methyl sites for hydroxylation is 1. The van der Waals surface area contributed by atoms with E-state index in [2.05, 4.69) is 5.32 Å². The van der Waals surface area contributed by atoms with Gasteiger partial charge in [0.05, 0.1) is 17.0 Å². The summed E-state index contributed by atoms with van der Waals surface area (Å²) in [5.74, 6) is -2.08. The third-order valence-corrected chi connectivity index (χ3v) is 5.28. The Bertz CT molecular complexity index is 719. The van der Waals surface area contributed by atoms with Gasteiger partial charge in [0.2, 0.25) is 0 Å². The van der Waals surface area contributed by atoms with Gasteiger partial charge in [-0.2, -0.15) is 13.2 Å². The lowest BCUT2D eigenvalue weighted by molar-refractivity contribution is -0.184. The van der Waals surface area contributed by atoms with Gasteiger partial charge in [-0.05, 0) is 44.2 Å². The van der Waals surface area contributed by atoms with Crippen molar-refractivity contribution in [2.45, 2.75) is 44.3 Å². The number of carbonyl (C=O) groups excluding carboxylic acids is 1. The highest BCUT2D eigenvalue weighted by Gasteiger charge is 2.52. The van der Waals surface area contributed by atoms with E-state index < -0.39 is 23.5 Å². The Morgan fingerprint density at radius 3 is 2.46 bits per heavy atom.